The third kappa shape index (κ3) is 6.21. The zero-order valence-electron chi connectivity index (χ0n) is 19.2. The fourth-order valence-corrected chi connectivity index (χ4v) is 3.36. The quantitative estimate of drug-likeness (QED) is 0.687. The number of hydrogen-bond donors (Lipinski definition) is 0. The average molecular weight is 419 g/mol. The predicted octanol–water partition coefficient (Wildman–Crippen LogP) is 4.14. The molecule has 0 spiro atoms. The molecule has 1 aliphatic rings. The summed E-state index contributed by atoms with van der Waals surface area (Å²) in [5.74, 6) is -0.833. The number of carbonyl (C=O) groups is 3. The molecule has 7 nitrogen and oxygen atoms in total. The smallest absolute Gasteiger partial charge is 0.411 e. The van der Waals surface area contributed by atoms with Crippen LogP contribution in [0.4, 0.5) is 10.5 Å². The molecule has 0 saturated heterocycles. The first-order valence-electron chi connectivity index (χ1n) is 10.4. The first-order chi connectivity index (χ1) is 13.8. The van der Waals surface area contributed by atoms with Crippen molar-refractivity contribution in [2.45, 2.75) is 73.1 Å². The summed E-state index contributed by atoms with van der Waals surface area (Å²) in [6, 6.07) is 6.50. The highest BCUT2D eigenvalue weighted by atomic mass is 16.6. The molecule has 2 rings (SSSR count). The van der Waals surface area contributed by atoms with Gasteiger partial charge in [0, 0.05) is 12.2 Å². The number of ether oxygens (including phenoxy) is 2. The number of nitrogens with zero attached hydrogens (tertiary/aromatic N) is 2. The Bertz CT molecular complexity index is 792. The van der Waals surface area contributed by atoms with Gasteiger partial charge in [0.25, 0.3) is 5.91 Å². The first kappa shape index (κ1) is 23.7. The van der Waals surface area contributed by atoms with Crippen molar-refractivity contribution in [3.63, 3.8) is 0 Å². The second kappa shape index (κ2) is 9.06. The summed E-state index contributed by atoms with van der Waals surface area (Å²) in [6.45, 7) is 14.0. The van der Waals surface area contributed by atoms with E-state index in [-0.39, 0.29) is 30.9 Å². The molecule has 0 radical (unpaired) electrons. The Kier molecular flexibility index (Phi) is 7.16. The molecule has 0 aliphatic carbocycles. The monoisotopic (exact) mass is 418 g/mol. The fourth-order valence-electron chi connectivity index (χ4n) is 3.36. The van der Waals surface area contributed by atoms with Crippen LogP contribution in [0.2, 0.25) is 0 Å². The van der Waals surface area contributed by atoms with Crippen molar-refractivity contribution in [3.05, 3.63) is 29.8 Å². The Hall–Kier alpha value is -2.57. The highest BCUT2D eigenvalue weighted by Gasteiger charge is 2.41. The molecule has 1 aliphatic heterocycles. The van der Waals surface area contributed by atoms with Gasteiger partial charge in [0.15, 0.2) is 0 Å². The maximum atomic E-state index is 13.7. The highest BCUT2D eigenvalue weighted by Crippen LogP contribution is 2.32. The fraction of sp³-hybridized carbons (Fsp3) is 0.609. The van der Waals surface area contributed by atoms with Crippen molar-refractivity contribution in [2.24, 2.45) is 5.41 Å². The zero-order valence-corrected chi connectivity index (χ0v) is 19.2. The highest BCUT2D eigenvalue weighted by molar-refractivity contribution is 6.02. The van der Waals surface area contributed by atoms with E-state index in [1.807, 2.05) is 45.0 Å². The molecule has 30 heavy (non-hydrogen) atoms. The zero-order chi connectivity index (χ0) is 22.7. The lowest BCUT2D eigenvalue weighted by atomic mass is 9.95. The molecule has 1 heterocycles. The molecule has 166 valence electrons. The summed E-state index contributed by atoms with van der Waals surface area (Å²) in [5, 5.41) is 0. The summed E-state index contributed by atoms with van der Waals surface area (Å²) in [7, 11) is 0. The Morgan fingerprint density at radius 2 is 1.73 bits per heavy atom. The Balaban J connectivity index is 2.53. The van der Waals surface area contributed by atoms with Gasteiger partial charge in [0.05, 0.1) is 19.6 Å². The minimum atomic E-state index is -1.01. The SMILES string of the molecule is CCOC(=O)CC1C(=O)N(CC(C)(C)C)c2ccccc2CN1C(=O)OC(C)(C)C. The van der Waals surface area contributed by atoms with Gasteiger partial charge in [-0.15, -0.1) is 0 Å². The molecule has 2 amide bonds. The molecule has 0 N–H and O–H groups in total. The molecular formula is C23H34N2O5. The Morgan fingerprint density at radius 1 is 1.10 bits per heavy atom. The van der Waals surface area contributed by atoms with Crippen LogP contribution in [0, 0.1) is 5.41 Å². The van der Waals surface area contributed by atoms with Crippen LogP contribution in [0.5, 0.6) is 0 Å². The van der Waals surface area contributed by atoms with Crippen LogP contribution in [0.25, 0.3) is 0 Å². The van der Waals surface area contributed by atoms with Gasteiger partial charge in [-0.1, -0.05) is 39.0 Å². The van der Waals surface area contributed by atoms with Gasteiger partial charge in [-0.25, -0.2) is 4.79 Å². The number of fused-ring (bicyclic) bond motifs is 1. The van der Waals surface area contributed by atoms with Gasteiger partial charge in [-0.2, -0.15) is 0 Å². The van der Waals surface area contributed by atoms with Crippen LogP contribution in [0.15, 0.2) is 24.3 Å². The van der Waals surface area contributed by atoms with E-state index in [0.717, 1.165) is 11.3 Å². The summed E-state index contributed by atoms with van der Waals surface area (Å²) in [5.41, 5.74) is 0.661. The van der Waals surface area contributed by atoms with Gasteiger partial charge in [-0.3, -0.25) is 14.5 Å². The first-order valence-corrected chi connectivity index (χ1v) is 10.4. The van der Waals surface area contributed by atoms with E-state index < -0.39 is 23.7 Å². The van der Waals surface area contributed by atoms with E-state index in [2.05, 4.69) is 0 Å². The van der Waals surface area contributed by atoms with E-state index in [1.54, 1.807) is 32.6 Å². The Morgan fingerprint density at radius 3 is 2.30 bits per heavy atom. The third-order valence-electron chi connectivity index (χ3n) is 4.48. The number of para-hydroxylation sites is 1. The lowest BCUT2D eigenvalue weighted by Crippen LogP contribution is -2.52. The van der Waals surface area contributed by atoms with Crippen LogP contribution in [-0.4, -0.2) is 47.7 Å². The number of rotatable bonds is 4. The van der Waals surface area contributed by atoms with Gasteiger partial charge in [0.2, 0.25) is 0 Å². The lowest BCUT2D eigenvalue weighted by molar-refractivity contribution is -0.146. The van der Waals surface area contributed by atoms with Crippen molar-refractivity contribution < 1.29 is 23.9 Å². The predicted molar refractivity (Wildman–Crippen MR) is 115 cm³/mol. The summed E-state index contributed by atoms with van der Waals surface area (Å²) in [4.78, 5) is 42.1. The van der Waals surface area contributed by atoms with Gasteiger partial charge >= 0.3 is 12.1 Å². The average Bonchev–Trinajstić information content (AvgIpc) is 2.70. The van der Waals surface area contributed by atoms with Crippen molar-refractivity contribution in [2.75, 3.05) is 18.1 Å². The van der Waals surface area contributed by atoms with Crippen LogP contribution in [0.1, 0.15) is 60.5 Å². The second-order valence-corrected chi connectivity index (χ2v) is 9.75. The molecule has 7 heteroatoms. The standard InChI is InChI=1S/C23H34N2O5/c1-8-29-19(26)13-18-20(27)25(15-22(2,3)4)17-12-10-9-11-16(17)14-24(18)21(28)30-23(5,6)7/h9-12,18H,8,13-15H2,1-7H3. The molecule has 0 bridgehead atoms. The van der Waals surface area contributed by atoms with Crippen molar-refractivity contribution in [1.82, 2.24) is 4.90 Å². The number of esters is 1. The molecule has 1 unspecified atom stereocenters. The number of hydrogen-bond acceptors (Lipinski definition) is 5. The number of benzene rings is 1. The maximum absolute atomic E-state index is 13.7. The number of amides is 2. The van der Waals surface area contributed by atoms with Crippen LogP contribution < -0.4 is 4.90 Å². The Labute approximate surface area is 179 Å². The van der Waals surface area contributed by atoms with E-state index in [9.17, 15) is 14.4 Å². The molecule has 1 aromatic rings. The van der Waals surface area contributed by atoms with Crippen LogP contribution >= 0.6 is 0 Å². The van der Waals surface area contributed by atoms with Crippen LogP contribution in [-0.2, 0) is 25.6 Å². The van der Waals surface area contributed by atoms with Crippen molar-refractivity contribution in [3.8, 4) is 0 Å². The topological polar surface area (TPSA) is 76.2 Å². The third-order valence-corrected chi connectivity index (χ3v) is 4.48. The molecule has 1 aromatic carbocycles. The molecular weight excluding hydrogens is 384 g/mol. The second-order valence-electron chi connectivity index (χ2n) is 9.75. The van der Waals surface area contributed by atoms with Crippen molar-refractivity contribution in [1.29, 1.82) is 0 Å². The normalized spacial score (nSPS) is 17.3. The molecule has 0 fully saturated rings. The number of anilines is 1. The van der Waals surface area contributed by atoms with Crippen LogP contribution in [0.3, 0.4) is 0 Å². The van der Waals surface area contributed by atoms with E-state index in [4.69, 9.17) is 9.47 Å². The number of carbonyl (C=O) groups excluding carboxylic acids is 3. The van der Waals surface area contributed by atoms with E-state index in [0.29, 0.717) is 6.54 Å². The molecule has 0 saturated carbocycles. The minimum absolute atomic E-state index is 0.168. The molecule has 1 atom stereocenters. The van der Waals surface area contributed by atoms with E-state index >= 15 is 0 Å². The summed E-state index contributed by atoms with van der Waals surface area (Å²) in [6.07, 6.45) is -0.849. The lowest BCUT2D eigenvalue weighted by Gasteiger charge is -2.34. The molecule has 0 aromatic heterocycles. The summed E-state index contributed by atoms with van der Waals surface area (Å²) >= 11 is 0. The largest absolute Gasteiger partial charge is 0.466 e. The van der Waals surface area contributed by atoms with Gasteiger partial charge < -0.3 is 14.4 Å². The summed E-state index contributed by atoms with van der Waals surface area (Å²) < 4.78 is 10.7. The minimum Gasteiger partial charge on any atom is -0.466 e. The maximum Gasteiger partial charge on any atom is 0.411 e. The van der Waals surface area contributed by atoms with E-state index in [1.165, 1.54) is 4.90 Å². The van der Waals surface area contributed by atoms with Gasteiger partial charge in [0.1, 0.15) is 11.6 Å². The van der Waals surface area contributed by atoms with Gasteiger partial charge in [-0.05, 0) is 44.7 Å². The van der Waals surface area contributed by atoms with Crippen molar-refractivity contribution >= 4 is 23.7 Å².